The molecule has 0 spiro atoms. The van der Waals surface area contributed by atoms with Crippen LogP contribution in [0, 0.1) is 5.41 Å². The van der Waals surface area contributed by atoms with Crippen molar-refractivity contribution in [1.29, 1.82) is 0 Å². The number of nitrogens with one attached hydrogen (secondary N) is 1. The topological polar surface area (TPSA) is 84.6 Å². The Balaban J connectivity index is 2.46. The van der Waals surface area contributed by atoms with Crippen molar-refractivity contribution >= 4 is 5.91 Å². The normalized spacial score (nSPS) is 22.8. The van der Waals surface area contributed by atoms with Crippen LogP contribution in [-0.4, -0.2) is 42.9 Å². The molecule has 0 aliphatic carbocycles. The summed E-state index contributed by atoms with van der Waals surface area (Å²) in [4.78, 5) is 12.0. The van der Waals surface area contributed by atoms with Gasteiger partial charge in [-0.2, -0.15) is 0 Å². The summed E-state index contributed by atoms with van der Waals surface area (Å²) in [6.07, 6.45) is 1.83. The van der Waals surface area contributed by atoms with E-state index in [2.05, 4.69) is 5.32 Å². The molecular weight excluding hydrogens is 220 g/mol. The van der Waals surface area contributed by atoms with Crippen LogP contribution >= 0.6 is 0 Å². The van der Waals surface area contributed by atoms with Gasteiger partial charge in [-0.15, -0.1) is 0 Å². The van der Waals surface area contributed by atoms with E-state index in [0.29, 0.717) is 39.0 Å². The van der Waals surface area contributed by atoms with Crippen LogP contribution in [0.2, 0.25) is 0 Å². The van der Waals surface area contributed by atoms with E-state index < -0.39 is 11.0 Å². The van der Waals surface area contributed by atoms with Gasteiger partial charge in [0.1, 0.15) is 0 Å². The summed E-state index contributed by atoms with van der Waals surface area (Å²) < 4.78 is 5.19. The summed E-state index contributed by atoms with van der Waals surface area (Å²) in [6.45, 7) is 5.48. The average molecular weight is 244 g/mol. The fourth-order valence-electron chi connectivity index (χ4n) is 1.78. The lowest BCUT2D eigenvalue weighted by atomic mass is 9.86. The second-order valence-corrected chi connectivity index (χ2v) is 5.14. The Hall–Kier alpha value is -0.650. The summed E-state index contributed by atoms with van der Waals surface area (Å²) >= 11 is 0. The van der Waals surface area contributed by atoms with Gasteiger partial charge in [-0.05, 0) is 13.3 Å². The first kappa shape index (κ1) is 14.4. The first-order valence-electron chi connectivity index (χ1n) is 6.24. The number of carbonyl (C=O) groups is 1. The molecule has 5 nitrogen and oxygen atoms in total. The number of carbonyl (C=O) groups excluding carboxylic acids is 1. The fraction of sp³-hybridized carbons (Fsp3) is 0.917. The Labute approximate surface area is 103 Å². The second-order valence-electron chi connectivity index (χ2n) is 5.14. The Morgan fingerprint density at radius 1 is 1.53 bits per heavy atom. The van der Waals surface area contributed by atoms with Crippen molar-refractivity contribution in [3.05, 3.63) is 0 Å². The molecule has 1 amide bonds. The van der Waals surface area contributed by atoms with Crippen LogP contribution in [0.1, 0.15) is 33.1 Å². The van der Waals surface area contributed by atoms with Crippen molar-refractivity contribution in [1.82, 2.24) is 5.32 Å². The third-order valence-electron chi connectivity index (χ3n) is 3.78. The molecule has 0 aromatic rings. The molecule has 1 unspecified atom stereocenters. The molecular formula is C12H24N2O3. The van der Waals surface area contributed by atoms with E-state index in [-0.39, 0.29) is 12.5 Å². The Morgan fingerprint density at radius 3 is 2.59 bits per heavy atom. The molecule has 0 radical (unpaired) electrons. The molecule has 1 fully saturated rings. The van der Waals surface area contributed by atoms with Gasteiger partial charge in [0.15, 0.2) is 0 Å². The van der Waals surface area contributed by atoms with Crippen LogP contribution in [0.25, 0.3) is 0 Å². The van der Waals surface area contributed by atoms with Gasteiger partial charge in [0, 0.05) is 39.1 Å². The maximum atomic E-state index is 12.0. The van der Waals surface area contributed by atoms with E-state index in [0.717, 1.165) is 0 Å². The molecule has 0 bridgehead atoms. The Kier molecular flexibility index (Phi) is 4.91. The van der Waals surface area contributed by atoms with Crippen molar-refractivity contribution in [3.63, 3.8) is 0 Å². The number of hydrogen-bond acceptors (Lipinski definition) is 4. The van der Waals surface area contributed by atoms with Crippen molar-refractivity contribution in [2.75, 3.05) is 26.3 Å². The van der Waals surface area contributed by atoms with Crippen LogP contribution in [0.15, 0.2) is 0 Å². The van der Waals surface area contributed by atoms with Gasteiger partial charge in [-0.25, -0.2) is 0 Å². The maximum absolute atomic E-state index is 12.0. The Bertz CT molecular complexity index is 258. The minimum absolute atomic E-state index is 0.0811. The summed E-state index contributed by atoms with van der Waals surface area (Å²) in [5, 5.41) is 13.0. The van der Waals surface area contributed by atoms with Crippen molar-refractivity contribution in [2.45, 2.75) is 38.7 Å². The fourth-order valence-corrected chi connectivity index (χ4v) is 1.78. The first-order chi connectivity index (χ1) is 7.96. The summed E-state index contributed by atoms with van der Waals surface area (Å²) in [5.41, 5.74) is 4.25. The minimum Gasteiger partial charge on any atom is -0.388 e. The third kappa shape index (κ3) is 3.66. The van der Waals surface area contributed by atoms with E-state index in [1.54, 1.807) is 0 Å². The molecule has 100 valence electrons. The predicted molar refractivity (Wildman–Crippen MR) is 65.5 cm³/mol. The van der Waals surface area contributed by atoms with Crippen molar-refractivity contribution < 1.29 is 14.6 Å². The van der Waals surface area contributed by atoms with Gasteiger partial charge in [-0.1, -0.05) is 6.92 Å². The van der Waals surface area contributed by atoms with E-state index in [1.807, 2.05) is 13.8 Å². The monoisotopic (exact) mass is 244 g/mol. The molecule has 0 aromatic carbocycles. The number of rotatable bonds is 5. The van der Waals surface area contributed by atoms with Gasteiger partial charge in [0.2, 0.25) is 5.91 Å². The molecule has 1 atom stereocenters. The molecule has 17 heavy (non-hydrogen) atoms. The number of hydrogen-bond donors (Lipinski definition) is 3. The van der Waals surface area contributed by atoms with Crippen LogP contribution in [0.4, 0.5) is 0 Å². The lowest BCUT2D eigenvalue weighted by Crippen LogP contribution is -2.51. The quantitative estimate of drug-likeness (QED) is 0.636. The van der Waals surface area contributed by atoms with Gasteiger partial charge in [0.25, 0.3) is 0 Å². The second kappa shape index (κ2) is 5.80. The van der Waals surface area contributed by atoms with Gasteiger partial charge < -0.3 is 20.9 Å². The highest BCUT2D eigenvalue weighted by molar-refractivity contribution is 5.82. The van der Waals surface area contributed by atoms with Crippen molar-refractivity contribution in [3.8, 4) is 0 Å². The van der Waals surface area contributed by atoms with Crippen LogP contribution in [0.5, 0.6) is 0 Å². The molecule has 5 heteroatoms. The predicted octanol–water partition coefficient (Wildman–Crippen LogP) is 0.0191. The number of ether oxygens (including phenoxy) is 1. The lowest BCUT2D eigenvalue weighted by Gasteiger charge is -2.34. The van der Waals surface area contributed by atoms with Crippen LogP contribution in [-0.2, 0) is 9.53 Å². The van der Waals surface area contributed by atoms with Crippen LogP contribution < -0.4 is 11.1 Å². The summed E-state index contributed by atoms with van der Waals surface area (Å²) in [7, 11) is 0. The first-order valence-corrected chi connectivity index (χ1v) is 6.24. The SMILES string of the molecule is CCC(C)(CN)C(=O)NCC1(O)CCOCC1. The molecule has 0 aromatic heterocycles. The third-order valence-corrected chi connectivity index (χ3v) is 3.78. The standard InChI is InChI=1S/C12H24N2O3/c1-3-11(2,8-13)10(15)14-9-12(16)4-6-17-7-5-12/h16H,3-9,13H2,1-2H3,(H,14,15). The van der Waals surface area contributed by atoms with Gasteiger partial charge >= 0.3 is 0 Å². The zero-order chi connectivity index (χ0) is 12.9. The van der Waals surface area contributed by atoms with Crippen LogP contribution in [0.3, 0.4) is 0 Å². The molecule has 4 N–H and O–H groups in total. The van der Waals surface area contributed by atoms with Gasteiger partial charge in [-0.3, -0.25) is 4.79 Å². The van der Waals surface area contributed by atoms with E-state index >= 15 is 0 Å². The van der Waals surface area contributed by atoms with Gasteiger partial charge in [0.05, 0.1) is 11.0 Å². The Morgan fingerprint density at radius 2 is 2.12 bits per heavy atom. The minimum atomic E-state index is -0.822. The highest BCUT2D eigenvalue weighted by Crippen LogP contribution is 2.22. The highest BCUT2D eigenvalue weighted by atomic mass is 16.5. The lowest BCUT2D eigenvalue weighted by molar-refractivity contribution is -0.132. The molecule has 1 aliphatic rings. The molecule has 1 saturated heterocycles. The zero-order valence-electron chi connectivity index (χ0n) is 10.8. The maximum Gasteiger partial charge on any atom is 0.227 e. The molecule has 1 rings (SSSR count). The average Bonchev–Trinajstić information content (AvgIpc) is 2.36. The number of amides is 1. The largest absolute Gasteiger partial charge is 0.388 e. The highest BCUT2D eigenvalue weighted by Gasteiger charge is 2.34. The summed E-state index contributed by atoms with van der Waals surface area (Å²) in [6, 6.07) is 0. The van der Waals surface area contributed by atoms with E-state index in [1.165, 1.54) is 0 Å². The summed E-state index contributed by atoms with van der Waals surface area (Å²) in [5.74, 6) is -0.0811. The van der Waals surface area contributed by atoms with E-state index in [4.69, 9.17) is 10.5 Å². The smallest absolute Gasteiger partial charge is 0.227 e. The van der Waals surface area contributed by atoms with E-state index in [9.17, 15) is 9.90 Å². The molecule has 0 saturated carbocycles. The number of nitrogens with two attached hydrogens (primary N) is 1. The van der Waals surface area contributed by atoms with Crippen molar-refractivity contribution in [2.24, 2.45) is 11.1 Å². The molecule has 1 heterocycles. The molecule has 1 aliphatic heterocycles. The number of aliphatic hydroxyl groups is 1. The zero-order valence-corrected chi connectivity index (χ0v) is 10.8.